The first-order chi connectivity index (χ1) is 9.67. The van der Waals surface area contributed by atoms with Gasteiger partial charge in [0.2, 0.25) is 5.91 Å². The number of rotatable bonds is 4. The van der Waals surface area contributed by atoms with E-state index in [2.05, 4.69) is 15.6 Å². The molecule has 1 atom stereocenters. The monoisotopic (exact) mass is 293 g/mol. The van der Waals surface area contributed by atoms with Crippen LogP contribution in [0.4, 0.5) is 4.79 Å². The second-order valence-electron chi connectivity index (χ2n) is 5.86. The predicted octanol–water partition coefficient (Wildman–Crippen LogP) is 1.92. The molecule has 1 unspecified atom stereocenters. The second-order valence-corrected chi connectivity index (χ2v) is 5.86. The first kappa shape index (κ1) is 16.9. The normalized spacial score (nSPS) is 12.4. The van der Waals surface area contributed by atoms with E-state index in [0.29, 0.717) is 6.54 Å². The standard InChI is InChI=1S/C15H23N3O3/c1-10-7-6-8-12(17-10)9-16-13(19)11(2)18-14(20)21-15(3,4)5/h6-8,11H,9H2,1-5H3,(H,16,19)(H,18,20). The Hall–Kier alpha value is -2.11. The fourth-order valence-corrected chi connectivity index (χ4v) is 1.58. The number of aryl methyl sites for hydroxylation is 1. The molecule has 0 aliphatic carbocycles. The Balaban J connectivity index is 2.43. The van der Waals surface area contributed by atoms with E-state index < -0.39 is 17.7 Å². The van der Waals surface area contributed by atoms with Gasteiger partial charge >= 0.3 is 6.09 Å². The van der Waals surface area contributed by atoms with Crippen LogP contribution >= 0.6 is 0 Å². The molecule has 0 aliphatic rings. The summed E-state index contributed by atoms with van der Waals surface area (Å²) in [6, 6.07) is 4.92. The van der Waals surface area contributed by atoms with Crippen molar-refractivity contribution in [3.05, 3.63) is 29.6 Å². The average molecular weight is 293 g/mol. The van der Waals surface area contributed by atoms with Crippen LogP contribution in [0.2, 0.25) is 0 Å². The van der Waals surface area contributed by atoms with E-state index in [1.165, 1.54) is 0 Å². The van der Waals surface area contributed by atoms with Crippen LogP contribution in [0.3, 0.4) is 0 Å². The molecule has 1 aromatic rings. The maximum Gasteiger partial charge on any atom is 0.408 e. The fraction of sp³-hybridized carbons (Fsp3) is 0.533. The molecule has 0 fully saturated rings. The molecular weight excluding hydrogens is 270 g/mol. The van der Waals surface area contributed by atoms with Gasteiger partial charge in [-0.1, -0.05) is 6.07 Å². The summed E-state index contributed by atoms with van der Waals surface area (Å²) in [5.74, 6) is -0.288. The van der Waals surface area contributed by atoms with Crippen LogP contribution in [0.5, 0.6) is 0 Å². The first-order valence-corrected chi connectivity index (χ1v) is 6.87. The third-order valence-corrected chi connectivity index (χ3v) is 2.52. The molecule has 1 heterocycles. The van der Waals surface area contributed by atoms with Gasteiger partial charge in [0.1, 0.15) is 11.6 Å². The molecule has 0 radical (unpaired) electrons. The second kappa shape index (κ2) is 7.06. The summed E-state index contributed by atoms with van der Waals surface area (Å²) in [5, 5.41) is 5.21. The molecule has 0 spiro atoms. The van der Waals surface area contributed by atoms with Crippen molar-refractivity contribution in [2.45, 2.75) is 52.8 Å². The number of alkyl carbamates (subject to hydrolysis) is 1. The third-order valence-electron chi connectivity index (χ3n) is 2.52. The van der Waals surface area contributed by atoms with E-state index in [-0.39, 0.29) is 5.91 Å². The lowest BCUT2D eigenvalue weighted by molar-refractivity contribution is -0.123. The van der Waals surface area contributed by atoms with Gasteiger partial charge in [-0.15, -0.1) is 0 Å². The summed E-state index contributed by atoms with van der Waals surface area (Å²) >= 11 is 0. The molecule has 2 amide bonds. The highest BCUT2D eigenvalue weighted by atomic mass is 16.6. The molecule has 1 rings (SSSR count). The Kier molecular flexibility index (Phi) is 5.69. The van der Waals surface area contributed by atoms with Crippen molar-refractivity contribution in [2.75, 3.05) is 0 Å². The molecule has 1 aromatic heterocycles. The van der Waals surface area contributed by atoms with Crippen molar-refractivity contribution in [2.24, 2.45) is 0 Å². The lowest BCUT2D eigenvalue weighted by atomic mass is 10.2. The molecule has 21 heavy (non-hydrogen) atoms. The van der Waals surface area contributed by atoms with Gasteiger partial charge < -0.3 is 15.4 Å². The van der Waals surface area contributed by atoms with E-state index >= 15 is 0 Å². The van der Waals surface area contributed by atoms with Gasteiger partial charge in [0.15, 0.2) is 0 Å². The number of pyridine rings is 1. The number of hydrogen-bond acceptors (Lipinski definition) is 4. The van der Waals surface area contributed by atoms with Crippen molar-refractivity contribution in [1.29, 1.82) is 0 Å². The largest absolute Gasteiger partial charge is 0.444 e. The number of hydrogen-bond donors (Lipinski definition) is 2. The Morgan fingerprint density at radius 3 is 2.57 bits per heavy atom. The van der Waals surface area contributed by atoms with Gasteiger partial charge in [-0.2, -0.15) is 0 Å². The van der Waals surface area contributed by atoms with Gasteiger partial charge in [0.05, 0.1) is 12.2 Å². The molecule has 0 aromatic carbocycles. The fourth-order valence-electron chi connectivity index (χ4n) is 1.58. The molecule has 0 bridgehead atoms. The quantitative estimate of drug-likeness (QED) is 0.888. The van der Waals surface area contributed by atoms with E-state index in [0.717, 1.165) is 11.4 Å². The Morgan fingerprint density at radius 2 is 2.00 bits per heavy atom. The molecule has 6 nitrogen and oxygen atoms in total. The third kappa shape index (κ3) is 6.74. The zero-order valence-electron chi connectivity index (χ0n) is 13.2. The Bertz CT molecular complexity index is 509. The first-order valence-electron chi connectivity index (χ1n) is 6.87. The van der Waals surface area contributed by atoms with Crippen LogP contribution in [0, 0.1) is 6.92 Å². The van der Waals surface area contributed by atoms with Gasteiger partial charge in [-0.3, -0.25) is 9.78 Å². The number of amides is 2. The molecule has 0 aliphatic heterocycles. The zero-order chi connectivity index (χ0) is 16.0. The molecular formula is C15H23N3O3. The number of nitrogens with one attached hydrogen (secondary N) is 2. The van der Waals surface area contributed by atoms with Gasteiger partial charge in [0, 0.05) is 5.69 Å². The smallest absolute Gasteiger partial charge is 0.408 e. The number of aromatic nitrogens is 1. The SMILES string of the molecule is Cc1cccc(CNC(=O)C(C)NC(=O)OC(C)(C)C)n1. The van der Waals surface area contributed by atoms with Gasteiger partial charge in [-0.05, 0) is 46.8 Å². The highest BCUT2D eigenvalue weighted by Crippen LogP contribution is 2.06. The van der Waals surface area contributed by atoms with E-state index in [1.54, 1.807) is 27.7 Å². The summed E-state index contributed by atoms with van der Waals surface area (Å²) in [6.07, 6.45) is -0.612. The van der Waals surface area contributed by atoms with Crippen LogP contribution < -0.4 is 10.6 Å². The molecule has 0 saturated carbocycles. The van der Waals surface area contributed by atoms with Crippen LogP contribution in [0.25, 0.3) is 0 Å². The maximum absolute atomic E-state index is 11.9. The topological polar surface area (TPSA) is 80.3 Å². The highest BCUT2D eigenvalue weighted by Gasteiger charge is 2.20. The van der Waals surface area contributed by atoms with Crippen LogP contribution in [0.1, 0.15) is 39.1 Å². The van der Waals surface area contributed by atoms with Gasteiger partial charge in [0.25, 0.3) is 0 Å². The number of nitrogens with zero attached hydrogens (tertiary/aromatic N) is 1. The van der Waals surface area contributed by atoms with E-state index in [9.17, 15) is 9.59 Å². The number of carbonyl (C=O) groups excluding carboxylic acids is 2. The van der Waals surface area contributed by atoms with Gasteiger partial charge in [-0.25, -0.2) is 4.79 Å². The summed E-state index contributed by atoms with van der Waals surface area (Å²) < 4.78 is 5.09. The highest BCUT2D eigenvalue weighted by molar-refractivity contribution is 5.85. The number of ether oxygens (including phenoxy) is 1. The minimum absolute atomic E-state index is 0.288. The lowest BCUT2D eigenvalue weighted by Gasteiger charge is -2.21. The van der Waals surface area contributed by atoms with Crippen LogP contribution in [-0.4, -0.2) is 28.6 Å². The molecule has 6 heteroatoms. The Labute approximate surface area is 125 Å². The van der Waals surface area contributed by atoms with Crippen molar-refractivity contribution in [3.8, 4) is 0 Å². The summed E-state index contributed by atoms with van der Waals surface area (Å²) in [4.78, 5) is 27.7. The van der Waals surface area contributed by atoms with Crippen molar-refractivity contribution < 1.29 is 14.3 Å². The summed E-state index contributed by atoms with van der Waals surface area (Å²) in [6.45, 7) is 9.10. The molecule has 116 valence electrons. The van der Waals surface area contributed by atoms with Crippen molar-refractivity contribution in [1.82, 2.24) is 15.6 Å². The average Bonchev–Trinajstić information content (AvgIpc) is 2.33. The minimum Gasteiger partial charge on any atom is -0.444 e. The summed E-state index contributed by atoms with van der Waals surface area (Å²) in [7, 11) is 0. The predicted molar refractivity (Wildman–Crippen MR) is 79.7 cm³/mol. The summed E-state index contributed by atoms with van der Waals surface area (Å²) in [5.41, 5.74) is 1.07. The molecule has 0 saturated heterocycles. The number of carbonyl (C=O) groups is 2. The van der Waals surface area contributed by atoms with E-state index in [1.807, 2.05) is 25.1 Å². The van der Waals surface area contributed by atoms with Crippen LogP contribution in [0.15, 0.2) is 18.2 Å². The zero-order valence-corrected chi connectivity index (χ0v) is 13.2. The molecule has 2 N–H and O–H groups in total. The maximum atomic E-state index is 11.9. The van der Waals surface area contributed by atoms with Crippen molar-refractivity contribution >= 4 is 12.0 Å². The Morgan fingerprint density at radius 1 is 1.33 bits per heavy atom. The minimum atomic E-state index is -0.676. The van der Waals surface area contributed by atoms with Crippen molar-refractivity contribution in [3.63, 3.8) is 0 Å². The van der Waals surface area contributed by atoms with Crippen LogP contribution in [-0.2, 0) is 16.1 Å². The lowest BCUT2D eigenvalue weighted by Crippen LogP contribution is -2.46. The van der Waals surface area contributed by atoms with E-state index in [4.69, 9.17) is 4.74 Å².